The molecule has 0 aliphatic heterocycles. The molecule has 2 heteroatoms. The maximum atomic E-state index is 11.5. The average molecular weight is 192 g/mol. The Bertz CT molecular complexity index is 288. The quantitative estimate of drug-likeness (QED) is 0.726. The lowest BCUT2D eigenvalue weighted by Crippen LogP contribution is -2.00. The molecule has 1 aromatic rings. The molecule has 1 aromatic carbocycles. The summed E-state index contributed by atoms with van der Waals surface area (Å²) in [6, 6.07) is 7.68. The van der Waals surface area contributed by atoms with Gasteiger partial charge in [-0.3, -0.25) is 4.79 Å². The number of benzene rings is 1. The molecule has 0 saturated carbocycles. The molecule has 0 spiro atoms. The summed E-state index contributed by atoms with van der Waals surface area (Å²) >= 11 is 0. The number of carbonyl (C=O) groups excluding carboxylic acids is 1. The number of hydrogen-bond acceptors (Lipinski definition) is 2. The molecular formula is C12H16O2. The zero-order chi connectivity index (χ0) is 10.4. The molecule has 0 fully saturated rings. The van der Waals surface area contributed by atoms with Crippen molar-refractivity contribution in [3.8, 4) is 0 Å². The lowest BCUT2D eigenvalue weighted by molar-refractivity contribution is 0.0971. The molecule has 0 atom stereocenters. The predicted molar refractivity (Wildman–Crippen MR) is 56.5 cm³/mol. The van der Waals surface area contributed by atoms with Gasteiger partial charge >= 0.3 is 0 Å². The van der Waals surface area contributed by atoms with Crippen molar-refractivity contribution in [3.63, 3.8) is 0 Å². The summed E-state index contributed by atoms with van der Waals surface area (Å²) in [5.41, 5.74) is 1.99. The molecule has 0 aliphatic rings. The summed E-state index contributed by atoms with van der Waals surface area (Å²) in [6.07, 6.45) is 1.97. The van der Waals surface area contributed by atoms with Crippen molar-refractivity contribution in [2.45, 2.75) is 26.2 Å². The van der Waals surface area contributed by atoms with Gasteiger partial charge in [0.1, 0.15) is 0 Å². The largest absolute Gasteiger partial charge is 0.396 e. The zero-order valence-electron chi connectivity index (χ0n) is 8.49. The van der Waals surface area contributed by atoms with E-state index in [0.29, 0.717) is 12.8 Å². The summed E-state index contributed by atoms with van der Waals surface area (Å²) in [4.78, 5) is 11.5. The lowest BCUT2D eigenvalue weighted by atomic mass is 10.0. The molecule has 76 valence electrons. The Morgan fingerprint density at radius 1 is 1.29 bits per heavy atom. The molecule has 0 radical (unpaired) electrons. The van der Waals surface area contributed by atoms with E-state index >= 15 is 0 Å². The second kappa shape index (κ2) is 5.55. The number of Topliss-reactive ketones (excluding diaryl/α,β-unsaturated/α-hetero) is 1. The van der Waals surface area contributed by atoms with E-state index in [0.717, 1.165) is 12.0 Å². The highest BCUT2D eigenvalue weighted by Crippen LogP contribution is 2.08. The van der Waals surface area contributed by atoms with Crippen LogP contribution in [0, 0.1) is 0 Å². The highest BCUT2D eigenvalue weighted by atomic mass is 16.3. The fraction of sp³-hybridized carbons (Fsp3) is 0.417. The molecule has 0 amide bonds. The van der Waals surface area contributed by atoms with Gasteiger partial charge in [0.05, 0.1) is 0 Å². The summed E-state index contributed by atoms with van der Waals surface area (Å²) in [5.74, 6) is 0.113. The van der Waals surface area contributed by atoms with Crippen molar-refractivity contribution < 1.29 is 9.90 Å². The number of carbonyl (C=O) groups is 1. The first-order chi connectivity index (χ1) is 6.77. The zero-order valence-corrected chi connectivity index (χ0v) is 8.49. The third-order valence-electron chi connectivity index (χ3n) is 2.25. The van der Waals surface area contributed by atoms with Crippen molar-refractivity contribution >= 4 is 5.78 Å². The van der Waals surface area contributed by atoms with Crippen molar-refractivity contribution in [1.82, 2.24) is 0 Å². The van der Waals surface area contributed by atoms with E-state index in [1.165, 1.54) is 5.56 Å². The Morgan fingerprint density at radius 2 is 1.93 bits per heavy atom. The van der Waals surface area contributed by atoms with Crippen LogP contribution in [0.4, 0.5) is 0 Å². The van der Waals surface area contributed by atoms with Crippen LogP contribution in [0.3, 0.4) is 0 Å². The summed E-state index contributed by atoms with van der Waals surface area (Å²) in [6.45, 7) is 2.17. The van der Waals surface area contributed by atoms with Gasteiger partial charge in [-0.2, -0.15) is 0 Å². The van der Waals surface area contributed by atoms with E-state index in [2.05, 4.69) is 6.92 Å². The molecule has 1 N–H and O–H groups in total. The molecule has 0 bridgehead atoms. The predicted octanol–water partition coefficient (Wildman–Crippen LogP) is 2.20. The van der Waals surface area contributed by atoms with Crippen molar-refractivity contribution in [1.29, 1.82) is 0 Å². The normalized spacial score (nSPS) is 10.1. The maximum Gasteiger partial charge on any atom is 0.162 e. The third kappa shape index (κ3) is 2.96. The molecule has 0 aliphatic carbocycles. The van der Waals surface area contributed by atoms with E-state index in [1.807, 2.05) is 24.3 Å². The number of rotatable bonds is 5. The van der Waals surface area contributed by atoms with Crippen LogP contribution in [0.1, 0.15) is 35.7 Å². The Kier molecular flexibility index (Phi) is 4.33. The minimum atomic E-state index is 0.0821. The molecule has 0 heterocycles. The highest BCUT2D eigenvalue weighted by Gasteiger charge is 2.04. The van der Waals surface area contributed by atoms with E-state index in [-0.39, 0.29) is 12.4 Å². The molecule has 14 heavy (non-hydrogen) atoms. The van der Waals surface area contributed by atoms with Gasteiger partial charge in [0.2, 0.25) is 0 Å². The van der Waals surface area contributed by atoms with E-state index < -0.39 is 0 Å². The summed E-state index contributed by atoms with van der Waals surface area (Å²) in [7, 11) is 0. The first-order valence-corrected chi connectivity index (χ1v) is 5.01. The molecular weight excluding hydrogens is 176 g/mol. The Balaban J connectivity index is 2.62. The van der Waals surface area contributed by atoms with Crippen LogP contribution in [-0.4, -0.2) is 17.5 Å². The van der Waals surface area contributed by atoms with Crippen LogP contribution in [0.15, 0.2) is 24.3 Å². The van der Waals surface area contributed by atoms with Crippen LogP contribution in [0.5, 0.6) is 0 Å². The second-order valence-electron chi connectivity index (χ2n) is 3.30. The van der Waals surface area contributed by atoms with Crippen molar-refractivity contribution in [2.24, 2.45) is 0 Å². The lowest BCUT2D eigenvalue weighted by Gasteiger charge is -2.01. The summed E-state index contributed by atoms with van der Waals surface area (Å²) < 4.78 is 0. The second-order valence-corrected chi connectivity index (χ2v) is 3.30. The third-order valence-corrected chi connectivity index (χ3v) is 2.25. The Hall–Kier alpha value is -1.15. The average Bonchev–Trinajstić information content (AvgIpc) is 2.26. The molecule has 1 rings (SSSR count). The van der Waals surface area contributed by atoms with Gasteiger partial charge in [-0.15, -0.1) is 0 Å². The summed E-state index contributed by atoms with van der Waals surface area (Å²) in [5, 5.41) is 8.59. The van der Waals surface area contributed by atoms with Crippen LogP contribution >= 0.6 is 0 Å². The van der Waals surface area contributed by atoms with Gasteiger partial charge in [-0.1, -0.05) is 31.2 Å². The van der Waals surface area contributed by atoms with E-state index in [4.69, 9.17) is 5.11 Å². The minimum Gasteiger partial charge on any atom is -0.396 e. The smallest absolute Gasteiger partial charge is 0.162 e. The van der Waals surface area contributed by atoms with Gasteiger partial charge in [0.25, 0.3) is 0 Å². The minimum absolute atomic E-state index is 0.0821. The van der Waals surface area contributed by atoms with Crippen LogP contribution in [0.2, 0.25) is 0 Å². The van der Waals surface area contributed by atoms with Crippen molar-refractivity contribution in [2.75, 3.05) is 6.61 Å². The van der Waals surface area contributed by atoms with Crippen LogP contribution < -0.4 is 0 Å². The first kappa shape index (κ1) is 10.9. The van der Waals surface area contributed by atoms with Gasteiger partial charge < -0.3 is 5.11 Å². The number of hydrogen-bond donors (Lipinski definition) is 1. The number of ketones is 1. The highest BCUT2D eigenvalue weighted by molar-refractivity contribution is 5.96. The Morgan fingerprint density at radius 3 is 2.43 bits per heavy atom. The van der Waals surface area contributed by atoms with E-state index in [9.17, 15) is 4.79 Å². The fourth-order valence-corrected chi connectivity index (χ4v) is 1.31. The molecule has 0 aromatic heterocycles. The van der Waals surface area contributed by atoms with Crippen molar-refractivity contribution in [3.05, 3.63) is 35.4 Å². The van der Waals surface area contributed by atoms with Gasteiger partial charge in [-0.25, -0.2) is 0 Å². The van der Waals surface area contributed by atoms with Gasteiger partial charge in [-0.05, 0) is 18.4 Å². The first-order valence-electron chi connectivity index (χ1n) is 5.01. The van der Waals surface area contributed by atoms with Crippen LogP contribution in [0.25, 0.3) is 0 Å². The Labute approximate surface area is 84.6 Å². The van der Waals surface area contributed by atoms with Gasteiger partial charge in [0.15, 0.2) is 5.78 Å². The standard InChI is InChI=1S/C12H16O2/c1-2-10-5-7-11(8-6-10)12(14)4-3-9-13/h5-8,13H,2-4,9H2,1H3. The van der Waals surface area contributed by atoms with E-state index in [1.54, 1.807) is 0 Å². The number of aryl methyl sites for hydroxylation is 1. The monoisotopic (exact) mass is 192 g/mol. The number of aliphatic hydroxyl groups is 1. The van der Waals surface area contributed by atoms with Crippen LogP contribution in [-0.2, 0) is 6.42 Å². The molecule has 2 nitrogen and oxygen atoms in total. The maximum absolute atomic E-state index is 11.5. The number of aliphatic hydroxyl groups excluding tert-OH is 1. The molecule has 0 unspecified atom stereocenters. The fourth-order valence-electron chi connectivity index (χ4n) is 1.31. The van der Waals surface area contributed by atoms with Gasteiger partial charge in [0, 0.05) is 18.6 Å². The molecule has 0 saturated heterocycles. The topological polar surface area (TPSA) is 37.3 Å². The SMILES string of the molecule is CCc1ccc(C(=O)CCCO)cc1.